The maximum absolute atomic E-state index is 12.0. The van der Waals surface area contributed by atoms with Crippen LogP contribution in [-0.2, 0) is 11.2 Å². The zero-order chi connectivity index (χ0) is 16.2. The van der Waals surface area contributed by atoms with Gasteiger partial charge < -0.3 is 4.52 Å². The van der Waals surface area contributed by atoms with E-state index in [9.17, 15) is 9.59 Å². The second-order valence-corrected chi connectivity index (χ2v) is 5.64. The van der Waals surface area contributed by atoms with Crippen molar-refractivity contribution in [3.63, 3.8) is 0 Å². The maximum Gasteiger partial charge on any atom is 0.270 e. The Bertz CT molecular complexity index is 876. The van der Waals surface area contributed by atoms with E-state index in [4.69, 9.17) is 4.52 Å². The molecule has 23 heavy (non-hydrogen) atoms. The van der Waals surface area contributed by atoms with Crippen LogP contribution >= 0.6 is 15.9 Å². The summed E-state index contributed by atoms with van der Waals surface area (Å²) in [4.78, 5) is 24.0. The van der Waals surface area contributed by atoms with Crippen LogP contribution in [0.15, 0.2) is 57.5 Å². The molecule has 0 saturated carbocycles. The lowest BCUT2D eigenvalue weighted by molar-refractivity contribution is -0.121. The van der Waals surface area contributed by atoms with Crippen molar-refractivity contribution in [3.05, 3.63) is 64.3 Å². The van der Waals surface area contributed by atoms with Crippen LogP contribution in [0.3, 0.4) is 0 Å². The van der Waals surface area contributed by atoms with Crippen molar-refractivity contribution in [1.29, 1.82) is 0 Å². The van der Waals surface area contributed by atoms with Crippen molar-refractivity contribution < 1.29 is 14.1 Å². The lowest BCUT2D eigenvalue weighted by atomic mass is 10.2. The van der Waals surface area contributed by atoms with Gasteiger partial charge in [-0.3, -0.25) is 20.4 Å². The molecule has 0 fully saturated rings. The number of halogens is 1. The average Bonchev–Trinajstić information content (AvgIpc) is 2.96. The van der Waals surface area contributed by atoms with Crippen LogP contribution in [0.5, 0.6) is 0 Å². The monoisotopic (exact) mass is 373 g/mol. The second-order valence-electron chi connectivity index (χ2n) is 4.78. The summed E-state index contributed by atoms with van der Waals surface area (Å²) in [7, 11) is 0. The Morgan fingerprint density at radius 2 is 1.78 bits per heavy atom. The van der Waals surface area contributed by atoms with Crippen LogP contribution in [0.1, 0.15) is 16.1 Å². The van der Waals surface area contributed by atoms with Crippen molar-refractivity contribution >= 4 is 38.7 Å². The Morgan fingerprint density at radius 1 is 1.04 bits per heavy atom. The van der Waals surface area contributed by atoms with Gasteiger partial charge in [-0.25, -0.2) is 0 Å². The number of fused-ring (bicyclic) bond motifs is 1. The predicted molar refractivity (Wildman–Crippen MR) is 87.5 cm³/mol. The number of nitrogens with one attached hydrogen (secondary N) is 2. The standard InChI is InChI=1S/C16H12BrN3O3/c17-12-7-3-1-5-10(12)16(22)19-18-15(21)9-13-11-6-2-4-8-14(11)23-20-13/h1-8H,9H2,(H,18,21)(H,19,22). The number of benzene rings is 2. The minimum absolute atomic E-state index is 0.00720. The van der Waals surface area contributed by atoms with Gasteiger partial charge in [0.1, 0.15) is 5.69 Å². The molecule has 1 heterocycles. The van der Waals surface area contributed by atoms with Crippen molar-refractivity contribution in [2.24, 2.45) is 0 Å². The van der Waals surface area contributed by atoms with E-state index in [1.165, 1.54) is 0 Å². The van der Waals surface area contributed by atoms with E-state index in [1.54, 1.807) is 30.3 Å². The van der Waals surface area contributed by atoms with Crippen molar-refractivity contribution in [1.82, 2.24) is 16.0 Å². The van der Waals surface area contributed by atoms with Crippen molar-refractivity contribution in [2.75, 3.05) is 0 Å². The summed E-state index contributed by atoms with van der Waals surface area (Å²) in [5, 5.41) is 4.66. The smallest absolute Gasteiger partial charge is 0.270 e. The first-order valence-electron chi connectivity index (χ1n) is 6.82. The first kappa shape index (κ1) is 15.2. The molecule has 0 saturated heterocycles. The Hall–Kier alpha value is -2.67. The molecule has 3 aromatic rings. The molecule has 0 aliphatic rings. The first-order chi connectivity index (χ1) is 11.1. The summed E-state index contributed by atoms with van der Waals surface area (Å²) in [6.45, 7) is 0. The molecule has 0 atom stereocenters. The average molecular weight is 374 g/mol. The third-order valence-electron chi connectivity index (χ3n) is 3.21. The van der Waals surface area contributed by atoms with Gasteiger partial charge in [-0.1, -0.05) is 29.4 Å². The molecular formula is C16H12BrN3O3. The number of hydrogen-bond acceptors (Lipinski definition) is 4. The van der Waals surface area contributed by atoms with Gasteiger partial charge in [0.2, 0.25) is 5.91 Å². The summed E-state index contributed by atoms with van der Waals surface area (Å²) in [6.07, 6.45) is 0.00720. The molecule has 1 aromatic heterocycles. The highest BCUT2D eigenvalue weighted by Gasteiger charge is 2.14. The van der Waals surface area contributed by atoms with Crippen LogP contribution < -0.4 is 10.9 Å². The van der Waals surface area contributed by atoms with Crippen LogP contribution in [0.25, 0.3) is 11.0 Å². The fourth-order valence-electron chi connectivity index (χ4n) is 2.10. The molecule has 2 aromatic carbocycles. The Morgan fingerprint density at radius 3 is 2.61 bits per heavy atom. The van der Waals surface area contributed by atoms with Crippen LogP contribution in [0.4, 0.5) is 0 Å². The Kier molecular flexibility index (Phi) is 4.38. The molecule has 7 heteroatoms. The zero-order valence-electron chi connectivity index (χ0n) is 11.9. The molecule has 0 radical (unpaired) electrons. The van der Waals surface area contributed by atoms with Crippen LogP contribution in [-0.4, -0.2) is 17.0 Å². The van der Waals surface area contributed by atoms with Crippen molar-refractivity contribution in [3.8, 4) is 0 Å². The fourth-order valence-corrected chi connectivity index (χ4v) is 2.57. The largest absolute Gasteiger partial charge is 0.356 e. The quantitative estimate of drug-likeness (QED) is 0.691. The third-order valence-corrected chi connectivity index (χ3v) is 3.91. The second kappa shape index (κ2) is 6.62. The van der Waals surface area contributed by atoms with Gasteiger partial charge in [-0.2, -0.15) is 0 Å². The van der Waals surface area contributed by atoms with E-state index < -0.39 is 5.91 Å². The molecule has 0 bridgehead atoms. The van der Waals surface area contributed by atoms with Gasteiger partial charge in [0.15, 0.2) is 5.58 Å². The van der Waals surface area contributed by atoms with Crippen LogP contribution in [0.2, 0.25) is 0 Å². The molecule has 3 rings (SSSR count). The predicted octanol–water partition coefficient (Wildman–Crippen LogP) is 2.59. The summed E-state index contributed by atoms with van der Waals surface area (Å²) in [5.41, 5.74) is 6.31. The van der Waals surface area contributed by atoms with E-state index in [-0.39, 0.29) is 12.3 Å². The number of carbonyl (C=O) groups excluding carboxylic acids is 2. The summed E-state index contributed by atoms with van der Waals surface area (Å²) >= 11 is 3.28. The summed E-state index contributed by atoms with van der Waals surface area (Å²) in [5.74, 6) is -0.791. The lowest BCUT2D eigenvalue weighted by Crippen LogP contribution is -2.42. The summed E-state index contributed by atoms with van der Waals surface area (Å²) in [6, 6.07) is 14.2. The van der Waals surface area contributed by atoms with E-state index in [1.807, 2.05) is 18.2 Å². The molecule has 2 N–H and O–H groups in total. The Balaban J connectivity index is 1.62. The van der Waals surface area contributed by atoms with Crippen LogP contribution in [0, 0.1) is 0 Å². The normalized spacial score (nSPS) is 10.5. The molecule has 0 unspecified atom stereocenters. The highest BCUT2D eigenvalue weighted by Crippen LogP contribution is 2.18. The van der Waals surface area contributed by atoms with Gasteiger partial charge in [0.05, 0.1) is 12.0 Å². The number of rotatable bonds is 3. The van der Waals surface area contributed by atoms with E-state index >= 15 is 0 Å². The number of nitrogens with zero attached hydrogens (tertiary/aromatic N) is 1. The SMILES string of the molecule is O=C(Cc1noc2ccccc12)NNC(=O)c1ccccc1Br. The fraction of sp³-hybridized carbons (Fsp3) is 0.0625. The molecular weight excluding hydrogens is 362 g/mol. The highest BCUT2D eigenvalue weighted by molar-refractivity contribution is 9.10. The number of hydrazine groups is 1. The summed E-state index contributed by atoms with van der Waals surface area (Å²) < 4.78 is 5.78. The number of aromatic nitrogens is 1. The van der Waals surface area contributed by atoms with Gasteiger partial charge in [0, 0.05) is 9.86 Å². The molecule has 2 amide bonds. The number of carbonyl (C=O) groups is 2. The van der Waals surface area contributed by atoms with Gasteiger partial charge in [-0.05, 0) is 40.2 Å². The molecule has 0 aliphatic heterocycles. The van der Waals surface area contributed by atoms with E-state index in [2.05, 4.69) is 31.9 Å². The van der Waals surface area contributed by atoms with Gasteiger partial charge in [0.25, 0.3) is 5.91 Å². The minimum Gasteiger partial charge on any atom is -0.356 e. The first-order valence-corrected chi connectivity index (χ1v) is 7.61. The third kappa shape index (κ3) is 3.40. The van der Waals surface area contributed by atoms with Gasteiger partial charge >= 0.3 is 0 Å². The highest BCUT2D eigenvalue weighted by atomic mass is 79.9. The minimum atomic E-state index is -0.407. The van der Waals surface area contributed by atoms with E-state index in [0.717, 1.165) is 5.39 Å². The zero-order valence-corrected chi connectivity index (χ0v) is 13.5. The topological polar surface area (TPSA) is 84.2 Å². The molecule has 116 valence electrons. The van der Waals surface area contributed by atoms with Gasteiger partial charge in [-0.15, -0.1) is 0 Å². The molecule has 0 aliphatic carbocycles. The maximum atomic E-state index is 12.0. The van der Waals surface area contributed by atoms with E-state index in [0.29, 0.717) is 21.3 Å². The lowest BCUT2D eigenvalue weighted by Gasteiger charge is -2.07. The number of amides is 2. The molecule has 0 spiro atoms. The number of hydrogen-bond donors (Lipinski definition) is 2. The Labute approximate surface area is 139 Å². The van der Waals surface area contributed by atoms with Crippen molar-refractivity contribution in [2.45, 2.75) is 6.42 Å². The number of para-hydroxylation sites is 1. The molecule has 6 nitrogen and oxygen atoms in total.